The standard InChI is InChI=1S/C5H6F3N/c6-5(7,8)3-1-2-4-9/h1-3H2. The SMILES string of the molecule is N#CCCCC(F)(F)F. The lowest BCUT2D eigenvalue weighted by atomic mass is 10.2. The Hall–Kier alpha value is -0.720. The van der Waals surface area contributed by atoms with E-state index < -0.39 is 12.6 Å². The van der Waals surface area contributed by atoms with Crippen molar-refractivity contribution in [3.8, 4) is 6.07 Å². The molecule has 1 nitrogen and oxygen atoms in total. The molecule has 0 aromatic heterocycles. The molecule has 0 heterocycles. The van der Waals surface area contributed by atoms with Crippen molar-refractivity contribution < 1.29 is 13.2 Å². The number of nitriles is 1. The molecule has 0 rings (SSSR count). The third kappa shape index (κ3) is 7.28. The highest BCUT2D eigenvalue weighted by molar-refractivity contribution is 4.69. The van der Waals surface area contributed by atoms with Crippen molar-refractivity contribution in [2.75, 3.05) is 0 Å². The van der Waals surface area contributed by atoms with E-state index in [2.05, 4.69) is 0 Å². The van der Waals surface area contributed by atoms with Crippen molar-refractivity contribution in [3.05, 3.63) is 0 Å². The maximum Gasteiger partial charge on any atom is 0.389 e. The number of hydrogen-bond donors (Lipinski definition) is 0. The first-order valence-corrected chi connectivity index (χ1v) is 2.50. The topological polar surface area (TPSA) is 23.8 Å². The molecule has 0 unspecified atom stereocenters. The van der Waals surface area contributed by atoms with Crippen LogP contribution in [0.2, 0.25) is 0 Å². The Balaban J connectivity index is 3.20. The molecular weight excluding hydrogens is 131 g/mol. The van der Waals surface area contributed by atoms with Gasteiger partial charge >= 0.3 is 6.18 Å². The van der Waals surface area contributed by atoms with Crippen molar-refractivity contribution in [2.45, 2.75) is 25.4 Å². The van der Waals surface area contributed by atoms with Gasteiger partial charge in [0.25, 0.3) is 0 Å². The number of rotatable bonds is 2. The fourth-order valence-electron chi connectivity index (χ4n) is 0.368. The summed E-state index contributed by atoms with van der Waals surface area (Å²) in [6, 6.07) is 1.64. The first-order chi connectivity index (χ1) is 4.06. The van der Waals surface area contributed by atoms with Crippen molar-refractivity contribution in [1.82, 2.24) is 0 Å². The summed E-state index contributed by atoms with van der Waals surface area (Å²) in [7, 11) is 0. The van der Waals surface area contributed by atoms with Crippen LogP contribution < -0.4 is 0 Å². The van der Waals surface area contributed by atoms with Crippen LogP contribution in [0.1, 0.15) is 19.3 Å². The summed E-state index contributed by atoms with van der Waals surface area (Å²) in [6.07, 6.45) is -5.04. The Labute approximate surface area is 51.1 Å². The summed E-state index contributed by atoms with van der Waals surface area (Å²) in [4.78, 5) is 0. The van der Waals surface area contributed by atoms with Crippen LogP contribution in [0.15, 0.2) is 0 Å². The van der Waals surface area contributed by atoms with E-state index in [0.29, 0.717) is 0 Å². The van der Waals surface area contributed by atoms with Crippen LogP contribution in [0.3, 0.4) is 0 Å². The number of hydrogen-bond acceptors (Lipinski definition) is 1. The van der Waals surface area contributed by atoms with E-state index in [1.807, 2.05) is 0 Å². The molecule has 0 aromatic carbocycles. The molecular formula is C5H6F3N. The van der Waals surface area contributed by atoms with E-state index in [9.17, 15) is 13.2 Å². The van der Waals surface area contributed by atoms with E-state index in [1.54, 1.807) is 6.07 Å². The van der Waals surface area contributed by atoms with E-state index in [0.717, 1.165) is 0 Å². The van der Waals surface area contributed by atoms with E-state index in [1.165, 1.54) is 0 Å². The Morgan fingerprint density at radius 2 is 1.89 bits per heavy atom. The van der Waals surface area contributed by atoms with Crippen molar-refractivity contribution in [1.29, 1.82) is 5.26 Å². The highest BCUT2D eigenvalue weighted by Gasteiger charge is 2.25. The molecule has 0 atom stereocenters. The molecule has 0 aliphatic rings. The number of unbranched alkanes of at least 4 members (excludes halogenated alkanes) is 1. The summed E-state index contributed by atoms with van der Waals surface area (Å²) in [5.41, 5.74) is 0. The molecule has 0 spiro atoms. The van der Waals surface area contributed by atoms with Gasteiger partial charge in [0.1, 0.15) is 0 Å². The Bertz CT molecular complexity index is 110. The second-order valence-corrected chi connectivity index (χ2v) is 1.63. The van der Waals surface area contributed by atoms with Crippen LogP contribution in [0.4, 0.5) is 13.2 Å². The smallest absolute Gasteiger partial charge is 0.198 e. The summed E-state index contributed by atoms with van der Waals surface area (Å²) in [5.74, 6) is 0. The zero-order valence-corrected chi connectivity index (χ0v) is 4.70. The maximum absolute atomic E-state index is 11.3. The number of nitrogens with zero attached hydrogens (tertiary/aromatic N) is 1. The molecule has 0 N–H and O–H groups in total. The third-order valence-electron chi connectivity index (χ3n) is 0.749. The van der Waals surface area contributed by atoms with Crippen LogP contribution in [-0.4, -0.2) is 6.18 Å². The second-order valence-electron chi connectivity index (χ2n) is 1.63. The van der Waals surface area contributed by atoms with Gasteiger partial charge in [0, 0.05) is 12.8 Å². The minimum atomic E-state index is -4.10. The minimum absolute atomic E-state index is 0.0144. The van der Waals surface area contributed by atoms with Gasteiger partial charge in [0.2, 0.25) is 0 Å². The molecule has 0 aromatic rings. The van der Waals surface area contributed by atoms with Crippen LogP contribution >= 0.6 is 0 Å². The van der Waals surface area contributed by atoms with Gasteiger partial charge in [-0.25, -0.2) is 0 Å². The summed E-state index contributed by atoms with van der Waals surface area (Å²) in [5, 5.41) is 7.85. The lowest BCUT2D eigenvalue weighted by molar-refractivity contribution is -0.135. The monoisotopic (exact) mass is 137 g/mol. The van der Waals surface area contributed by atoms with Crippen LogP contribution in [0.5, 0.6) is 0 Å². The zero-order valence-electron chi connectivity index (χ0n) is 4.70. The van der Waals surface area contributed by atoms with Crippen LogP contribution in [-0.2, 0) is 0 Å². The van der Waals surface area contributed by atoms with E-state index in [-0.39, 0.29) is 12.8 Å². The largest absolute Gasteiger partial charge is 0.389 e. The molecule has 52 valence electrons. The first kappa shape index (κ1) is 8.28. The van der Waals surface area contributed by atoms with E-state index >= 15 is 0 Å². The van der Waals surface area contributed by atoms with Crippen molar-refractivity contribution in [3.63, 3.8) is 0 Å². The molecule has 0 saturated heterocycles. The summed E-state index contributed by atoms with van der Waals surface area (Å²) < 4.78 is 33.8. The summed E-state index contributed by atoms with van der Waals surface area (Å²) >= 11 is 0. The normalized spacial score (nSPS) is 10.9. The zero-order chi connectivity index (χ0) is 7.33. The minimum Gasteiger partial charge on any atom is -0.198 e. The van der Waals surface area contributed by atoms with Gasteiger partial charge in [0.15, 0.2) is 0 Å². The summed E-state index contributed by atoms with van der Waals surface area (Å²) in [6.45, 7) is 0. The molecule has 0 saturated carbocycles. The Morgan fingerprint density at radius 3 is 2.22 bits per heavy atom. The number of alkyl halides is 3. The molecule has 0 aliphatic carbocycles. The quantitative estimate of drug-likeness (QED) is 0.535. The molecule has 4 heteroatoms. The van der Waals surface area contributed by atoms with Crippen molar-refractivity contribution in [2.24, 2.45) is 0 Å². The fourth-order valence-corrected chi connectivity index (χ4v) is 0.368. The third-order valence-corrected chi connectivity index (χ3v) is 0.749. The van der Waals surface area contributed by atoms with Crippen LogP contribution in [0.25, 0.3) is 0 Å². The van der Waals surface area contributed by atoms with Crippen molar-refractivity contribution >= 4 is 0 Å². The van der Waals surface area contributed by atoms with Gasteiger partial charge in [0.05, 0.1) is 6.07 Å². The molecule has 0 bridgehead atoms. The maximum atomic E-state index is 11.3. The Kier molecular flexibility index (Phi) is 3.07. The average Bonchev–Trinajstić information content (AvgIpc) is 1.63. The van der Waals surface area contributed by atoms with Gasteiger partial charge in [-0.3, -0.25) is 0 Å². The molecule has 0 amide bonds. The predicted molar refractivity (Wildman–Crippen MR) is 25.5 cm³/mol. The Morgan fingerprint density at radius 1 is 1.33 bits per heavy atom. The average molecular weight is 137 g/mol. The molecule has 9 heavy (non-hydrogen) atoms. The lowest BCUT2D eigenvalue weighted by Gasteiger charge is -2.01. The van der Waals surface area contributed by atoms with Gasteiger partial charge < -0.3 is 0 Å². The second kappa shape index (κ2) is 3.33. The van der Waals surface area contributed by atoms with E-state index in [4.69, 9.17) is 5.26 Å². The molecule has 0 aliphatic heterocycles. The number of halogens is 3. The van der Waals surface area contributed by atoms with Gasteiger partial charge in [-0.1, -0.05) is 0 Å². The highest BCUT2D eigenvalue weighted by atomic mass is 19.4. The van der Waals surface area contributed by atoms with Gasteiger partial charge in [-0.15, -0.1) is 0 Å². The molecule has 0 fully saturated rings. The van der Waals surface area contributed by atoms with Gasteiger partial charge in [-0.2, -0.15) is 18.4 Å². The lowest BCUT2D eigenvalue weighted by Crippen LogP contribution is -2.05. The predicted octanol–water partition coefficient (Wildman–Crippen LogP) is 2.24. The highest BCUT2D eigenvalue weighted by Crippen LogP contribution is 2.21. The van der Waals surface area contributed by atoms with Crippen LogP contribution in [0, 0.1) is 11.3 Å². The fraction of sp³-hybridized carbons (Fsp3) is 0.800. The first-order valence-electron chi connectivity index (χ1n) is 2.50. The molecule has 0 radical (unpaired) electrons. The van der Waals surface area contributed by atoms with Gasteiger partial charge in [-0.05, 0) is 6.42 Å².